The lowest BCUT2D eigenvalue weighted by Crippen LogP contribution is -2.25. The van der Waals surface area contributed by atoms with Gasteiger partial charge in [-0.25, -0.2) is 0 Å². The van der Waals surface area contributed by atoms with E-state index in [-0.39, 0.29) is 17.4 Å². The number of anilines is 1. The number of halogens is 1. The summed E-state index contributed by atoms with van der Waals surface area (Å²) in [6.07, 6.45) is 0.799. The highest BCUT2D eigenvalue weighted by Gasteiger charge is 2.32. The van der Waals surface area contributed by atoms with E-state index in [1.54, 1.807) is 6.07 Å². The number of amides is 1. The first-order valence-corrected chi connectivity index (χ1v) is 6.48. The van der Waals surface area contributed by atoms with E-state index in [9.17, 15) is 4.79 Å². The van der Waals surface area contributed by atoms with Crippen LogP contribution in [0.25, 0.3) is 0 Å². The van der Waals surface area contributed by atoms with Gasteiger partial charge in [0.1, 0.15) is 11.4 Å². The van der Waals surface area contributed by atoms with Gasteiger partial charge in [-0.2, -0.15) is 0 Å². The van der Waals surface area contributed by atoms with Crippen LogP contribution in [-0.2, 0) is 11.2 Å². The van der Waals surface area contributed by atoms with Crippen molar-refractivity contribution in [1.29, 1.82) is 0 Å². The molecule has 18 heavy (non-hydrogen) atoms. The number of fused-ring (bicyclic) bond motifs is 1. The highest BCUT2D eigenvalue weighted by Crippen LogP contribution is 2.42. The Kier molecular flexibility index (Phi) is 3.28. The zero-order valence-corrected chi connectivity index (χ0v) is 11.9. The predicted molar refractivity (Wildman–Crippen MR) is 73.3 cm³/mol. The van der Waals surface area contributed by atoms with Crippen molar-refractivity contribution in [3.05, 3.63) is 22.7 Å². The van der Waals surface area contributed by atoms with Gasteiger partial charge in [0.2, 0.25) is 5.91 Å². The van der Waals surface area contributed by atoms with Gasteiger partial charge >= 0.3 is 0 Å². The summed E-state index contributed by atoms with van der Waals surface area (Å²) >= 11 is 6.08. The first-order valence-electron chi connectivity index (χ1n) is 6.11. The first-order chi connectivity index (χ1) is 8.28. The van der Waals surface area contributed by atoms with E-state index in [4.69, 9.17) is 16.3 Å². The summed E-state index contributed by atoms with van der Waals surface area (Å²) < 4.78 is 5.89. The van der Waals surface area contributed by atoms with Gasteiger partial charge in [-0.15, -0.1) is 0 Å². The lowest BCUT2D eigenvalue weighted by molar-refractivity contribution is -0.118. The Morgan fingerprint density at radius 3 is 2.72 bits per heavy atom. The highest BCUT2D eigenvalue weighted by molar-refractivity contribution is 6.31. The van der Waals surface area contributed by atoms with Crippen LogP contribution in [0.3, 0.4) is 0 Å². The number of carbonyl (C=O) groups excluding carboxylic acids is 1. The van der Waals surface area contributed by atoms with Gasteiger partial charge in [-0.3, -0.25) is 4.79 Å². The third-order valence-corrected chi connectivity index (χ3v) is 3.13. The van der Waals surface area contributed by atoms with Crippen molar-refractivity contribution >= 4 is 23.2 Å². The average Bonchev–Trinajstić information content (AvgIpc) is 2.52. The van der Waals surface area contributed by atoms with Crippen molar-refractivity contribution in [2.75, 3.05) is 5.32 Å². The van der Waals surface area contributed by atoms with E-state index >= 15 is 0 Å². The smallest absolute Gasteiger partial charge is 0.227 e. The fraction of sp³-hybridized carbons (Fsp3) is 0.500. The van der Waals surface area contributed by atoms with Crippen LogP contribution in [0.1, 0.15) is 33.3 Å². The van der Waals surface area contributed by atoms with Gasteiger partial charge in [-0.05, 0) is 26.0 Å². The molecule has 98 valence electrons. The summed E-state index contributed by atoms with van der Waals surface area (Å²) in [5.41, 5.74) is 1.47. The molecule has 1 amide bonds. The Morgan fingerprint density at radius 2 is 2.11 bits per heavy atom. The number of hydrogen-bond donors (Lipinski definition) is 1. The van der Waals surface area contributed by atoms with Gasteiger partial charge in [0.15, 0.2) is 0 Å². The Hall–Kier alpha value is -1.22. The summed E-state index contributed by atoms with van der Waals surface area (Å²) in [6.45, 7) is 7.75. The topological polar surface area (TPSA) is 38.3 Å². The molecule has 4 heteroatoms. The molecule has 0 aliphatic carbocycles. The van der Waals surface area contributed by atoms with Crippen LogP contribution in [0.4, 0.5) is 5.69 Å². The van der Waals surface area contributed by atoms with E-state index in [0.717, 1.165) is 17.7 Å². The maximum Gasteiger partial charge on any atom is 0.227 e. The number of benzene rings is 1. The SMILES string of the molecule is CC(C)C(=O)Nc1cc(Cl)cc2c1OC(C)(C)C2. The summed E-state index contributed by atoms with van der Waals surface area (Å²) in [5, 5.41) is 3.49. The normalized spacial score (nSPS) is 16.3. The van der Waals surface area contributed by atoms with Crippen molar-refractivity contribution in [3.8, 4) is 5.75 Å². The molecule has 1 aromatic rings. The molecule has 0 bridgehead atoms. The Labute approximate surface area is 112 Å². The van der Waals surface area contributed by atoms with Crippen LogP contribution in [0.2, 0.25) is 5.02 Å². The molecule has 0 atom stereocenters. The van der Waals surface area contributed by atoms with Crippen LogP contribution < -0.4 is 10.1 Å². The third-order valence-electron chi connectivity index (χ3n) is 2.91. The van der Waals surface area contributed by atoms with Crippen molar-refractivity contribution in [2.24, 2.45) is 5.92 Å². The molecular formula is C14H18ClNO2. The molecule has 1 aliphatic heterocycles. The minimum atomic E-state index is -0.246. The minimum Gasteiger partial charge on any atom is -0.485 e. The molecule has 0 radical (unpaired) electrons. The fourth-order valence-corrected chi connectivity index (χ4v) is 2.28. The maximum absolute atomic E-state index is 11.8. The molecule has 1 aromatic carbocycles. The molecule has 1 aliphatic rings. The number of hydrogen-bond acceptors (Lipinski definition) is 2. The molecule has 0 fully saturated rings. The second-order valence-corrected chi connectivity index (χ2v) is 6.06. The van der Waals surface area contributed by atoms with Crippen molar-refractivity contribution in [1.82, 2.24) is 0 Å². The van der Waals surface area contributed by atoms with E-state index in [0.29, 0.717) is 10.7 Å². The molecule has 0 unspecified atom stereocenters. The third kappa shape index (κ3) is 2.61. The average molecular weight is 268 g/mol. The lowest BCUT2D eigenvalue weighted by Gasteiger charge is -2.18. The maximum atomic E-state index is 11.8. The van der Waals surface area contributed by atoms with Crippen LogP contribution in [0.5, 0.6) is 5.75 Å². The Bertz CT molecular complexity index is 495. The molecular weight excluding hydrogens is 250 g/mol. The second-order valence-electron chi connectivity index (χ2n) is 5.62. The van der Waals surface area contributed by atoms with Crippen molar-refractivity contribution in [3.63, 3.8) is 0 Å². The largest absolute Gasteiger partial charge is 0.485 e. The van der Waals surface area contributed by atoms with Crippen LogP contribution in [0, 0.1) is 5.92 Å². The summed E-state index contributed by atoms with van der Waals surface area (Å²) in [4.78, 5) is 11.8. The summed E-state index contributed by atoms with van der Waals surface area (Å²) in [7, 11) is 0. The number of carbonyl (C=O) groups is 1. The number of rotatable bonds is 2. The molecule has 3 nitrogen and oxygen atoms in total. The lowest BCUT2D eigenvalue weighted by atomic mass is 10.0. The molecule has 0 saturated carbocycles. The zero-order valence-electron chi connectivity index (χ0n) is 11.1. The zero-order chi connectivity index (χ0) is 13.5. The number of nitrogens with one attached hydrogen (secondary N) is 1. The van der Waals surface area contributed by atoms with Gasteiger partial charge in [0.25, 0.3) is 0 Å². The first kappa shape index (κ1) is 13.2. The molecule has 1 N–H and O–H groups in total. The fourth-order valence-electron chi connectivity index (χ4n) is 2.04. The Balaban J connectivity index is 2.36. The van der Waals surface area contributed by atoms with Crippen LogP contribution >= 0.6 is 11.6 Å². The van der Waals surface area contributed by atoms with Crippen molar-refractivity contribution < 1.29 is 9.53 Å². The Morgan fingerprint density at radius 1 is 1.44 bits per heavy atom. The molecule has 1 heterocycles. The minimum absolute atomic E-state index is 0.0345. The van der Waals surface area contributed by atoms with E-state index < -0.39 is 0 Å². The van der Waals surface area contributed by atoms with Gasteiger partial charge in [0.05, 0.1) is 5.69 Å². The van der Waals surface area contributed by atoms with Crippen LogP contribution in [-0.4, -0.2) is 11.5 Å². The second kappa shape index (κ2) is 4.47. The number of ether oxygens (including phenoxy) is 1. The molecule has 2 rings (SSSR count). The van der Waals surface area contributed by atoms with Gasteiger partial charge < -0.3 is 10.1 Å². The highest BCUT2D eigenvalue weighted by atomic mass is 35.5. The van der Waals surface area contributed by atoms with E-state index in [1.165, 1.54) is 0 Å². The van der Waals surface area contributed by atoms with Gasteiger partial charge in [0, 0.05) is 22.9 Å². The summed E-state index contributed by atoms with van der Waals surface area (Å²) in [6, 6.07) is 3.64. The van der Waals surface area contributed by atoms with Crippen LogP contribution in [0.15, 0.2) is 12.1 Å². The standard InChI is InChI=1S/C14H18ClNO2/c1-8(2)13(17)16-11-6-10(15)5-9-7-14(3,4)18-12(9)11/h5-6,8H,7H2,1-4H3,(H,16,17). The quantitative estimate of drug-likeness (QED) is 0.888. The van der Waals surface area contributed by atoms with Gasteiger partial charge in [-0.1, -0.05) is 25.4 Å². The predicted octanol–water partition coefficient (Wildman–Crippen LogP) is 3.65. The molecule has 0 spiro atoms. The molecule has 0 saturated heterocycles. The molecule has 0 aromatic heterocycles. The van der Waals surface area contributed by atoms with Crippen molar-refractivity contribution in [2.45, 2.75) is 39.7 Å². The summed E-state index contributed by atoms with van der Waals surface area (Å²) in [5.74, 6) is 0.639. The monoisotopic (exact) mass is 267 g/mol. The van der Waals surface area contributed by atoms with E-state index in [1.807, 2.05) is 33.8 Å². The van der Waals surface area contributed by atoms with E-state index in [2.05, 4.69) is 5.32 Å².